The predicted molar refractivity (Wildman–Crippen MR) is 216 cm³/mol. The number of hydrogen-bond acceptors (Lipinski definition) is 0. The molecule has 0 bridgehead atoms. The van der Waals surface area contributed by atoms with Crippen LogP contribution < -0.4 is 0 Å². The van der Waals surface area contributed by atoms with Gasteiger partial charge in [0.2, 0.25) is 0 Å². The van der Waals surface area contributed by atoms with Crippen molar-refractivity contribution in [1.29, 1.82) is 0 Å². The lowest BCUT2D eigenvalue weighted by molar-refractivity contribution is 1.04. The predicted octanol–water partition coefficient (Wildman–Crippen LogP) is 14.4. The molecule has 0 nitrogen and oxygen atoms in total. The standard InChI is InChI=1S/C39H40.3C2H6.H2S/c1-6-7-18-34-27(2)14-13-15-30(5)39(34)38-26-33(24-22-29(38)4)32-23-21-28(3)37(25-32)36-20-12-11-19-35(36)31-16-9-8-10-17-31;3*1-2;/h7-10,13-14,16-26H,6,11-12,15H2,1-5H3;3*1-2H3;1H2/b18-7-;;;;. The topological polar surface area (TPSA) is 0 Å². The number of benzene rings is 3. The summed E-state index contributed by atoms with van der Waals surface area (Å²) >= 11 is 0. The fraction of sp³-hybridized carbons (Fsp3) is 0.333. The molecule has 0 radical (unpaired) electrons. The van der Waals surface area contributed by atoms with Crippen LogP contribution >= 0.6 is 13.5 Å². The fourth-order valence-corrected chi connectivity index (χ4v) is 5.84. The normalized spacial score (nSPS) is 14.0. The maximum atomic E-state index is 2.43. The Bertz CT molecular complexity index is 1570. The van der Waals surface area contributed by atoms with Crippen molar-refractivity contribution in [3.05, 3.63) is 148 Å². The fourth-order valence-electron chi connectivity index (χ4n) is 5.84. The smallest absolute Gasteiger partial charge is 0.0114 e. The summed E-state index contributed by atoms with van der Waals surface area (Å²) in [4.78, 5) is 0. The Balaban J connectivity index is 0.00000143. The van der Waals surface area contributed by atoms with Gasteiger partial charge in [-0.1, -0.05) is 145 Å². The quantitative estimate of drug-likeness (QED) is 0.254. The van der Waals surface area contributed by atoms with Crippen LogP contribution in [-0.4, -0.2) is 0 Å². The summed E-state index contributed by atoms with van der Waals surface area (Å²) in [5.41, 5.74) is 17.4. The van der Waals surface area contributed by atoms with Crippen molar-refractivity contribution in [2.45, 2.75) is 102 Å². The third-order valence-electron chi connectivity index (χ3n) is 8.04. The van der Waals surface area contributed by atoms with Gasteiger partial charge in [-0.3, -0.25) is 0 Å². The summed E-state index contributed by atoms with van der Waals surface area (Å²) in [6.07, 6.45) is 18.2. The van der Waals surface area contributed by atoms with Gasteiger partial charge in [-0.2, -0.15) is 13.5 Å². The highest BCUT2D eigenvalue weighted by Gasteiger charge is 2.18. The van der Waals surface area contributed by atoms with Crippen molar-refractivity contribution in [1.82, 2.24) is 0 Å². The third-order valence-corrected chi connectivity index (χ3v) is 8.04. The molecule has 46 heavy (non-hydrogen) atoms. The van der Waals surface area contributed by atoms with Gasteiger partial charge in [-0.05, 0) is 132 Å². The van der Waals surface area contributed by atoms with E-state index in [2.05, 4.69) is 138 Å². The Labute approximate surface area is 289 Å². The average Bonchev–Trinajstić information content (AvgIpc) is 3.24. The van der Waals surface area contributed by atoms with Crippen LogP contribution in [0.3, 0.4) is 0 Å². The molecule has 0 aliphatic heterocycles. The monoisotopic (exact) mass is 632 g/mol. The van der Waals surface area contributed by atoms with Gasteiger partial charge in [0.05, 0.1) is 0 Å². The van der Waals surface area contributed by atoms with E-state index in [-0.39, 0.29) is 13.5 Å². The highest BCUT2D eigenvalue weighted by molar-refractivity contribution is 7.59. The van der Waals surface area contributed by atoms with E-state index < -0.39 is 0 Å². The molecular formula is C45H60S. The van der Waals surface area contributed by atoms with Crippen LogP contribution in [0.15, 0.2) is 120 Å². The molecule has 0 saturated carbocycles. The number of hydrogen-bond donors (Lipinski definition) is 0. The summed E-state index contributed by atoms with van der Waals surface area (Å²) in [6.45, 7) is 23.2. The Morgan fingerprint density at radius 1 is 0.630 bits per heavy atom. The summed E-state index contributed by atoms with van der Waals surface area (Å²) in [6, 6.07) is 24.8. The van der Waals surface area contributed by atoms with Gasteiger partial charge >= 0.3 is 0 Å². The van der Waals surface area contributed by atoms with Crippen LogP contribution in [0.1, 0.15) is 116 Å². The van der Waals surface area contributed by atoms with Crippen molar-refractivity contribution in [3.8, 4) is 11.1 Å². The van der Waals surface area contributed by atoms with Gasteiger partial charge < -0.3 is 0 Å². The zero-order chi connectivity index (χ0) is 33.4. The maximum absolute atomic E-state index is 2.43. The van der Waals surface area contributed by atoms with E-state index in [1.54, 1.807) is 0 Å². The van der Waals surface area contributed by atoms with E-state index in [4.69, 9.17) is 0 Å². The number of rotatable bonds is 6. The summed E-state index contributed by atoms with van der Waals surface area (Å²) in [5, 5.41) is 0. The van der Waals surface area contributed by atoms with Gasteiger partial charge in [0.15, 0.2) is 0 Å². The molecule has 3 aromatic rings. The molecule has 0 unspecified atom stereocenters. The average molecular weight is 633 g/mol. The molecule has 0 amide bonds. The molecule has 0 fully saturated rings. The SMILES string of the molecule is CC.CC.CC.CC/C=C\C1=C(C)C=CCC(C)=C1c1cc(-c2ccc(C)c(C3=CCCC=C3c3ccccc3)c2)ccc1C.S. The molecule has 2 aliphatic carbocycles. The van der Waals surface area contributed by atoms with Gasteiger partial charge in [0, 0.05) is 0 Å². The first-order chi connectivity index (χ1) is 22.0. The van der Waals surface area contributed by atoms with E-state index in [1.807, 2.05) is 41.5 Å². The van der Waals surface area contributed by atoms with Crippen LogP contribution in [0.5, 0.6) is 0 Å². The molecule has 2 aliphatic rings. The Morgan fingerprint density at radius 2 is 1.17 bits per heavy atom. The van der Waals surface area contributed by atoms with Gasteiger partial charge in [-0.25, -0.2) is 0 Å². The van der Waals surface area contributed by atoms with Gasteiger partial charge in [-0.15, -0.1) is 0 Å². The summed E-state index contributed by atoms with van der Waals surface area (Å²) in [7, 11) is 0. The second kappa shape index (κ2) is 21.3. The number of aryl methyl sites for hydroxylation is 2. The summed E-state index contributed by atoms with van der Waals surface area (Å²) < 4.78 is 0. The van der Waals surface area contributed by atoms with E-state index in [0.717, 1.165) is 25.7 Å². The lowest BCUT2D eigenvalue weighted by Crippen LogP contribution is -1.99. The Morgan fingerprint density at radius 3 is 1.76 bits per heavy atom. The van der Waals surface area contributed by atoms with E-state index in [0.29, 0.717) is 0 Å². The molecule has 246 valence electrons. The van der Waals surface area contributed by atoms with Gasteiger partial charge in [0.1, 0.15) is 0 Å². The Hall–Kier alpha value is -3.55. The highest BCUT2D eigenvalue weighted by Crippen LogP contribution is 2.40. The largest absolute Gasteiger partial charge is 0.197 e. The minimum absolute atomic E-state index is 0. The molecule has 0 spiro atoms. The van der Waals surface area contributed by atoms with E-state index >= 15 is 0 Å². The lowest BCUT2D eigenvalue weighted by Gasteiger charge is -2.21. The highest BCUT2D eigenvalue weighted by atomic mass is 32.1. The second-order valence-corrected chi connectivity index (χ2v) is 10.9. The lowest BCUT2D eigenvalue weighted by atomic mass is 9.83. The maximum Gasteiger partial charge on any atom is -0.0114 e. The molecule has 0 aromatic heterocycles. The van der Waals surface area contributed by atoms with Crippen LogP contribution in [-0.2, 0) is 0 Å². The number of allylic oxidation sites excluding steroid dienone is 12. The first-order valence-corrected chi connectivity index (χ1v) is 17.4. The zero-order valence-corrected chi connectivity index (χ0v) is 31.6. The molecular weight excluding hydrogens is 573 g/mol. The van der Waals surface area contributed by atoms with Crippen molar-refractivity contribution in [2.75, 3.05) is 0 Å². The second-order valence-electron chi connectivity index (χ2n) is 10.9. The molecule has 0 saturated heterocycles. The third kappa shape index (κ3) is 9.97. The van der Waals surface area contributed by atoms with E-state index in [1.165, 1.54) is 72.4 Å². The van der Waals surface area contributed by atoms with E-state index in [9.17, 15) is 0 Å². The van der Waals surface area contributed by atoms with Crippen LogP contribution in [0.25, 0.3) is 27.8 Å². The minimum atomic E-state index is 0. The first-order valence-electron chi connectivity index (χ1n) is 17.4. The van der Waals surface area contributed by atoms with Crippen molar-refractivity contribution >= 4 is 30.2 Å². The van der Waals surface area contributed by atoms with Crippen molar-refractivity contribution in [3.63, 3.8) is 0 Å². The van der Waals surface area contributed by atoms with Crippen molar-refractivity contribution < 1.29 is 0 Å². The molecule has 0 atom stereocenters. The summed E-state index contributed by atoms with van der Waals surface area (Å²) in [5.74, 6) is 0. The first kappa shape index (κ1) is 40.5. The van der Waals surface area contributed by atoms with Crippen LogP contribution in [0.4, 0.5) is 0 Å². The molecule has 0 N–H and O–H groups in total. The molecule has 0 heterocycles. The minimum Gasteiger partial charge on any atom is -0.197 e. The van der Waals surface area contributed by atoms with Crippen molar-refractivity contribution in [2.24, 2.45) is 0 Å². The molecule has 5 rings (SSSR count). The zero-order valence-electron chi connectivity index (χ0n) is 30.6. The van der Waals surface area contributed by atoms with Gasteiger partial charge in [0.25, 0.3) is 0 Å². The van der Waals surface area contributed by atoms with Crippen LogP contribution in [0.2, 0.25) is 0 Å². The Kier molecular flexibility index (Phi) is 18.7. The van der Waals surface area contributed by atoms with Crippen LogP contribution in [0, 0.1) is 13.8 Å². The molecule has 3 aromatic carbocycles. The molecule has 1 heteroatoms.